The molecule has 0 spiro atoms. The number of anilines is 1. The number of hydrogen-bond donors (Lipinski definition) is 1. The lowest BCUT2D eigenvalue weighted by Gasteiger charge is -2.08. The van der Waals surface area contributed by atoms with E-state index in [0.29, 0.717) is 22.1 Å². The third-order valence-electron chi connectivity index (χ3n) is 3.24. The quantitative estimate of drug-likeness (QED) is 0.792. The van der Waals surface area contributed by atoms with Gasteiger partial charge in [-0.2, -0.15) is 5.10 Å². The molecule has 3 aromatic rings. The van der Waals surface area contributed by atoms with Crippen LogP contribution in [0, 0.1) is 0 Å². The average molecular weight is 341 g/mol. The molecule has 24 heavy (non-hydrogen) atoms. The largest absolute Gasteiger partial charge is 0.309 e. The van der Waals surface area contributed by atoms with E-state index in [-0.39, 0.29) is 18.0 Å². The molecule has 3 rings (SSSR count). The minimum absolute atomic E-state index is 0.215. The van der Waals surface area contributed by atoms with Crippen LogP contribution in [0.4, 0.5) is 5.82 Å². The van der Waals surface area contributed by atoms with Gasteiger partial charge in [-0.3, -0.25) is 9.59 Å². The van der Waals surface area contributed by atoms with Gasteiger partial charge in [-0.15, -0.1) is 0 Å². The topological polar surface area (TPSA) is 76.9 Å². The Morgan fingerprint density at radius 1 is 1.08 bits per heavy atom. The number of carbonyl (C=O) groups is 1. The van der Waals surface area contributed by atoms with Crippen molar-refractivity contribution in [3.63, 3.8) is 0 Å². The van der Waals surface area contributed by atoms with Crippen LogP contribution in [0.1, 0.15) is 0 Å². The average Bonchev–Trinajstić information content (AvgIpc) is 2.58. The van der Waals surface area contributed by atoms with Crippen LogP contribution >= 0.6 is 11.6 Å². The molecule has 2 heterocycles. The summed E-state index contributed by atoms with van der Waals surface area (Å²) in [7, 11) is 0. The maximum Gasteiger partial charge on any atom is 0.267 e. The summed E-state index contributed by atoms with van der Waals surface area (Å²) in [6, 6.07) is 15.3. The minimum atomic E-state index is -0.389. The van der Waals surface area contributed by atoms with Gasteiger partial charge in [-0.1, -0.05) is 35.9 Å². The van der Waals surface area contributed by atoms with Crippen LogP contribution in [0.3, 0.4) is 0 Å². The molecule has 6 nitrogen and oxygen atoms in total. The number of rotatable bonds is 4. The van der Waals surface area contributed by atoms with Gasteiger partial charge >= 0.3 is 0 Å². The molecule has 0 saturated carbocycles. The molecule has 0 bridgehead atoms. The number of nitrogens with one attached hydrogen (secondary N) is 1. The molecule has 7 heteroatoms. The van der Waals surface area contributed by atoms with Crippen molar-refractivity contribution in [2.24, 2.45) is 0 Å². The van der Waals surface area contributed by atoms with Crippen molar-refractivity contribution in [3.05, 3.63) is 76.2 Å². The number of benzene rings is 1. The Morgan fingerprint density at radius 2 is 1.88 bits per heavy atom. The molecule has 2 aromatic heterocycles. The van der Waals surface area contributed by atoms with Gasteiger partial charge in [0.25, 0.3) is 5.56 Å². The van der Waals surface area contributed by atoms with Crippen LogP contribution in [0.2, 0.25) is 5.02 Å². The summed E-state index contributed by atoms with van der Waals surface area (Å²) in [6.45, 7) is -0.215. The third kappa shape index (κ3) is 3.67. The zero-order valence-corrected chi connectivity index (χ0v) is 13.3. The van der Waals surface area contributed by atoms with Crippen molar-refractivity contribution in [1.82, 2.24) is 14.8 Å². The Hall–Kier alpha value is -2.99. The first kappa shape index (κ1) is 15.9. The van der Waals surface area contributed by atoms with Gasteiger partial charge in [0.2, 0.25) is 5.91 Å². The van der Waals surface area contributed by atoms with Crippen LogP contribution in [-0.2, 0) is 11.3 Å². The van der Waals surface area contributed by atoms with Crippen LogP contribution in [0.15, 0.2) is 65.6 Å². The van der Waals surface area contributed by atoms with Crippen LogP contribution < -0.4 is 10.9 Å². The van der Waals surface area contributed by atoms with Crippen molar-refractivity contribution in [1.29, 1.82) is 0 Å². The first-order valence-electron chi connectivity index (χ1n) is 7.17. The maximum atomic E-state index is 12.1. The van der Waals surface area contributed by atoms with E-state index >= 15 is 0 Å². The van der Waals surface area contributed by atoms with E-state index < -0.39 is 0 Å². The third-order valence-corrected chi connectivity index (χ3v) is 3.57. The van der Waals surface area contributed by atoms with E-state index in [4.69, 9.17) is 11.6 Å². The summed E-state index contributed by atoms with van der Waals surface area (Å²) in [5, 5.41) is 7.36. The van der Waals surface area contributed by atoms with E-state index in [2.05, 4.69) is 15.4 Å². The molecule has 120 valence electrons. The van der Waals surface area contributed by atoms with E-state index in [1.165, 1.54) is 6.07 Å². The highest BCUT2D eigenvalue weighted by atomic mass is 35.5. The molecular weight excluding hydrogens is 328 g/mol. The normalized spacial score (nSPS) is 10.4. The smallest absolute Gasteiger partial charge is 0.267 e. The predicted octanol–water partition coefficient (Wildman–Crippen LogP) is 2.60. The maximum absolute atomic E-state index is 12.1. The van der Waals surface area contributed by atoms with Gasteiger partial charge < -0.3 is 5.32 Å². The standard InChI is InChI=1S/C17H13ClN4O2/c18-13-6-2-1-5-12(13)14-8-9-17(24)22(21-14)11-16(23)20-15-7-3-4-10-19-15/h1-10H,11H2,(H,19,20,23). The second-order valence-electron chi connectivity index (χ2n) is 4.96. The van der Waals surface area contributed by atoms with E-state index in [9.17, 15) is 9.59 Å². The van der Waals surface area contributed by atoms with Gasteiger partial charge in [0, 0.05) is 17.8 Å². The number of pyridine rings is 1. The van der Waals surface area contributed by atoms with Gasteiger partial charge in [0.1, 0.15) is 12.4 Å². The first-order valence-corrected chi connectivity index (χ1v) is 7.55. The summed E-state index contributed by atoms with van der Waals surface area (Å²) in [5.41, 5.74) is 0.839. The Kier molecular flexibility index (Phi) is 4.67. The zero-order valence-electron chi connectivity index (χ0n) is 12.5. The van der Waals surface area contributed by atoms with Gasteiger partial charge in [0.15, 0.2) is 0 Å². The Balaban J connectivity index is 1.83. The number of nitrogens with zero attached hydrogens (tertiary/aromatic N) is 3. The zero-order chi connectivity index (χ0) is 16.9. The Labute approximate surface area is 142 Å². The summed E-state index contributed by atoms with van der Waals surface area (Å²) in [4.78, 5) is 28.0. The molecule has 1 aromatic carbocycles. The number of carbonyl (C=O) groups excluding carboxylic acids is 1. The fraction of sp³-hybridized carbons (Fsp3) is 0.0588. The van der Waals surface area contributed by atoms with E-state index in [1.807, 2.05) is 12.1 Å². The fourth-order valence-corrected chi connectivity index (χ4v) is 2.36. The molecule has 0 saturated heterocycles. The number of aromatic nitrogens is 3. The monoisotopic (exact) mass is 340 g/mol. The lowest BCUT2D eigenvalue weighted by atomic mass is 10.1. The van der Waals surface area contributed by atoms with Crippen LogP contribution in [0.25, 0.3) is 11.3 Å². The number of amides is 1. The summed E-state index contributed by atoms with van der Waals surface area (Å²) < 4.78 is 1.09. The van der Waals surface area contributed by atoms with E-state index in [0.717, 1.165) is 4.68 Å². The second-order valence-corrected chi connectivity index (χ2v) is 5.36. The van der Waals surface area contributed by atoms with Crippen molar-refractivity contribution in [2.45, 2.75) is 6.54 Å². The molecule has 0 aliphatic heterocycles. The molecular formula is C17H13ClN4O2. The van der Waals surface area contributed by atoms with Crippen LogP contribution in [0.5, 0.6) is 0 Å². The van der Waals surface area contributed by atoms with Gasteiger partial charge in [-0.25, -0.2) is 9.67 Å². The summed E-state index contributed by atoms with van der Waals surface area (Å²) in [5.74, 6) is 0.0254. The number of hydrogen-bond acceptors (Lipinski definition) is 4. The lowest BCUT2D eigenvalue weighted by Crippen LogP contribution is -2.29. The SMILES string of the molecule is O=C(Cn1nc(-c2ccccc2Cl)ccc1=O)Nc1ccccn1. The van der Waals surface area contributed by atoms with Crippen molar-refractivity contribution in [3.8, 4) is 11.3 Å². The Morgan fingerprint density at radius 3 is 2.62 bits per heavy atom. The molecule has 1 N–H and O–H groups in total. The predicted molar refractivity (Wildman–Crippen MR) is 91.8 cm³/mol. The molecule has 0 aliphatic carbocycles. The van der Waals surface area contributed by atoms with Gasteiger partial charge in [-0.05, 0) is 24.3 Å². The molecule has 0 atom stereocenters. The highest BCUT2D eigenvalue weighted by Gasteiger charge is 2.10. The van der Waals surface area contributed by atoms with Crippen LogP contribution in [-0.4, -0.2) is 20.7 Å². The van der Waals surface area contributed by atoms with E-state index in [1.54, 1.807) is 42.6 Å². The molecule has 1 amide bonds. The van der Waals surface area contributed by atoms with Crippen molar-refractivity contribution in [2.75, 3.05) is 5.32 Å². The highest BCUT2D eigenvalue weighted by molar-refractivity contribution is 6.33. The minimum Gasteiger partial charge on any atom is -0.309 e. The highest BCUT2D eigenvalue weighted by Crippen LogP contribution is 2.24. The summed E-state index contributed by atoms with van der Waals surface area (Å²) >= 11 is 6.15. The molecule has 0 unspecified atom stereocenters. The van der Waals surface area contributed by atoms with Crippen molar-refractivity contribution < 1.29 is 4.79 Å². The lowest BCUT2D eigenvalue weighted by molar-refractivity contribution is -0.117. The molecule has 0 fully saturated rings. The summed E-state index contributed by atoms with van der Waals surface area (Å²) in [6.07, 6.45) is 1.57. The second kappa shape index (κ2) is 7.06. The fourth-order valence-electron chi connectivity index (χ4n) is 2.13. The van der Waals surface area contributed by atoms with Crippen molar-refractivity contribution >= 4 is 23.3 Å². The Bertz CT molecular complexity index is 925. The molecule has 0 radical (unpaired) electrons. The van der Waals surface area contributed by atoms with Gasteiger partial charge in [0.05, 0.1) is 10.7 Å². The first-order chi connectivity index (χ1) is 11.6. The molecule has 0 aliphatic rings. The number of halogens is 1.